The first-order chi connectivity index (χ1) is 9.38. The number of carboxylic acid groups (broad SMARTS) is 1. The van der Waals surface area contributed by atoms with Gasteiger partial charge in [-0.15, -0.1) is 0 Å². The molecule has 0 amide bonds. The predicted octanol–water partition coefficient (Wildman–Crippen LogP) is 4.22. The molecule has 0 saturated heterocycles. The molecular weight excluding hydrogens is 357 g/mol. The van der Waals surface area contributed by atoms with Crippen LogP contribution in [0.25, 0.3) is 0 Å². The van der Waals surface area contributed by atoms with Gasteiger partial charge in [-0.2, -0.15) is 0 Å². The van der Waals surface area contributed by atoms with Crippen molar-refractivity contribution in [1.82, 2.24) is 4.98 Å². The summed E-state index contributed by atoms with van der Waals surface area (Å²) in [7, 11) is 0. The number of benzene rings is 1. The van der Waals surface area contributed by atoms with Crippen molar-refractivity contribution in [3.05, 3.63) is 51.1 Å². The van der Waals surface area contributed by atoms with Crippen LogP contribution in [0, 0.1) is 11.6 Å². The summed E-state index contributed by atoms with van der Waals surface area (Å²) in [6.07, 6.45) is 1.09. The quantitative estimate of drug-likeness (QED) is 0.857. The van der Waals surface area contributed by atoms with Gasteiger partial charge in [-0.05, 0) is 18.2 Å². The Labute approximate surface area is 125 Å². The molecule has 0 fully saturated rings. The lowest BCUT2D eigenvalue weighted by Gasteiger charge is -2.09. The molecule has 20 heavy (non-hydrogen) atoms. The maximum absolute atomic E-state index is 13.6. The molecule has 0 aliphatic heterocycles. The molecule has 2 N–H and O–H groups in total. The number of anilines is 2. The van der Waals surface area contributed by atoms with E-state index in [0.29, 0.717) is 0 Å². The van der Waals surface area contributed by atoms with E-state index in [9.17, 15) is 13.6 Å². The zero-order valence-corrected chi connectivity index (χ0v) is 12.0. The third-order valence-electron chi connectivity index (χ3n) is 2.35. The highest BCUT2D eigenvalue weighted by atomic mass is 79.9. The molecule has 0 radical (unpaired) electrons. The Kier molecular flexibility index (Phi) is 4.20. The lowest BCUT2D eigenvalue weighted by atomic mass is 10.2. The zero-order valence-electron chi connectivity index (χ0n) is 9.62. The number of halogens is 4. The van der Waals surface area contributed by atoms with Crippen LogP contribution in [0.15, 0.2) is 28.9 Å². The maximum atomic E-state index is 13.6. The van der Waals surface area contributed by atoms with Crippen LogP contribution in [0.4, 0.5) is 20.3 Å². The van der Waals surface area contributed by atoms with Crippen LogP contribution < -0.4 is 5.32 Å². The number of nitrogens with one attached hydrogen (secondary N) is 1. The monoisotopic (exact) mass is 362 g/mol. The Balaban J connectivity index is 2.41. The fourth-order valence-electron chi connectivity index (χ4n) is 1.46. The summed E-state index contributed by atoms with van der Waals surface area (Å²) in [5.41, 5.74) is -0.651. The summed E-state index contributed by atoms with van der Waals surface area (Å²) < 4.78 is 27.5. The lowest BCUT2D eigenvalue weighted by molar-refractivity contribution is 0.0697. The van der Waals surface area contributed by atoms with E-state index in [4.69, 9.17) is 16.7 Å². The molecule has 0 spiro atoms. The van der Waals surface area contributed by atoms with Gasteiger partial charge in [0.15, 0.2) is 11.6 Å². The number of hydrogen-bond acceptors (Lipinski definition) is 3. The number of pyridine rings is 1. The van der Waals surface area contributed by atoms with Crippen LogP contribution in [0.1, 0.15) is 10.4 Å². The van der Waals surface area contributed by atoms with E-state index in [0.717, 1.165) is 24.4 Å². The van der Waals surface area contributed by atoms with Crippen molar-refractivity contribution in [3.8, 4) is 0 Å². The second kappa shape index (κ2) is 5.72. The van der Waals surface area contributed by atoms with Crippen molar-refractivity contribution in [1.29, 1.82) is 0 Å². The highest BCUT2D eigenvalue weighted by molar-refractivity contribution is 9.10. The number of nitrogens with zero attached hydrogens (tertiary/aromatic N) is 1. The minimum absolute atomic E-state index is 0.0353. The van der Waals surface area contributed by atoms with Crippen LogP contribution in [0.5, 0.6) is 0 Å². The van der Waals surface area contributed by atoms with Crippen LogP contribution >= 0.6 is 27.5 Å². The molecule has 0 saturated carbocycles. The Morgan fingerprint density at radius 3 is 2.45 bits per heavy atom. The van der Waals surface area contributed by atoms with E-state index in [2.05, 4.69) is 26.2 Å². The molecule has 104 valence electrons. The van der Waals surface area contributed by atoms with Gasteiger partial charge in [-0.1, -0.05) is 27.5 Å². The Morgan fingerprint density at radius 2 is 1.90 bits per heavy atom. The van der Waals surface area contributed by atoms with E-state index in [1.165, 1.54) is 0 Å². The second-order valence-corrected chi connectivity index (χ2v) is 5.05. The third kappa shape index (κ3) is 3.05. The van der Waals surface area contributed by atoms with Gasteiger partial charge < -0.3 is 10.4 Å². The van der Waals surface area contributed by atoms with E-state index in [1.54, 1.807) is 0 Å². The van der Waals surface area contributed by atoms with Crippen molar-refractivity contribution in [2.75, 3.05) is 5.32 Å². The van der Waals surface area contributed by atoms with E-state index >= 15 is 0 Å². The minimum Gasteiger partial charge on any atom is -0.478 e. The highest BCUT2D eigenvalue weighted by Crippen LogP contribution is 2.27. The van der Waals surface area contributed by atoms with Gasteiger partial charge >= 0.3 is 5.97 Å². The molecule has 4 nitrogen and oxygen atoms in total. The van der Waals surface area contributed by atoms with Crippen LogP contribution in [-0.4, -0.2) is 16.1 Å². The van der Waals surface area contributed by atoms with E-state index in [1.807, 2.05) is 0 Å². The van der Waals surface area contributed by atoms with Crippen molar-refractivity contribution < 1.29 is 18.7 Å². The van der Waals surface area contributed by atoms with Gasteiger partial charge in [0.25, 0.3) is 0 Å². The van der Waals surface area contributed by atoms with Crippen molar-refractivity contribution >= 4 is 45.0 Å². The molecule has 1 aromatic heterocycles. The first-order valence-electron chi connectivity index (χ1n) is 5.19. The first-order valence-corrected chi connectivity index (χ1v) is 6.36. The maximum Gasteiger partial charge on any atom is 0.337 e. The number of aromatic nitrogens is 1. The molecule has 0 unspecified atom stereocenters. The van der Waals surface area contributed by atoms with Crippen molar-refractivity contribution in [2.45, 2.75) is 0 Å². The molecule has 1 heterocycles. The van der Waals surface area contributed by atoms with Crippen molar-refractivity contribution in [3.63, 3.8) is 0 Å². The van der Waals surface area contributed by atoms with Gasteiger partial charge in [0.05, 0.1) is 10.6 Å². The fourth-order valence-corrected chi connectivity index (χ4v) is 2.05. The molecule has 0 aliphatic rings. The second-order valence-electron chi connectivity index (χ2n) is 3.72. The third-order valence-corrected chi connectivity index (χ3v) is 3.10. The smallest absolute Gasteiger partial charge is 0.337 e. The van der Waals surface area contributed by atoms with Gasteiger partial charge in [-0.25, -0.2) is 18.6 Å². The molecule has 8 heteroatoms. The largest absolute Gasteiger partial charge is 0.478 e. The molecule has 0 bridgehead atoms. The molecule has 0 atom stereocenters. The summed E-state index contributed by atoms with van der Waals surface area (Å²) in [5, 5.41) is 11.2. The Morgan fingerprint density at radius 1 is 1.30 bits per heavy atom. The highest BCUT2D eigenvalue weighted by Gasteiger charge is 2.14. The van der Waals surface area contributed by atoms with E-state index < -0.39 is 23.3 Å². The summed E-state index contributed by atoms with van der Waals surface area (Å²) >= 11 is 8.61. The molecule has 1 aromatic carbocycles. The van der Waals surface area contributed by atoms with Crippen LogP contribution in [0.2, 0.25) is 5.02 Å². The normalized spacial score (nSPS) is 10.4. The topological polar surface area (TPSA) is 62.2 Å². The number of aromatic carboxylic acids is 1. The molecule has 2 rings (SSSR count). The van der Waals surface area contributed by atoms with Gasteiger partial charge in [0.1, 0.15) is 11.5 Å². The van der Waals surface area contributed by atoms with Gasteiger partial charge in [-0.3, -0.25) is 0 Å². The average molecular weight is 364 g/mol. The zero-order chi connectivity index (χ0) is 14.9. The molecule has 2 aromatic rings. The number of carboxylic acids is 1. The SMILES string of the molecule is O=C(O)c1cc(Nc2c(F)cc(Br)cc2F)ncc1Cl. The average Bonchev–Trinajstić information content (AvgIpc) is 2.35. The fraction of sp³-hybridized carbons (Fsp3) is 0. The van der Waals surface area contributed by atoms with Gasteiger partial charge in [0, 0.05) is 10.7 Å². The predicted molar refractivity (Wildman–Crippen MR) is 73.5 cm³/mol. The first kappa shape index (κ1) is 14.7. The molecule has 0 aliphatic carbocycles. The van der Waals surface area contributed by atoms with Gasteiger partial charge in [0.2, 0.25) is 0 Å². The van der Waals surface area contributed by atoms with Crippen LogP contribution in [0.3, 0.4) is 0 Å². The standard InChI is InChI=1S/C12H6BrClF2N2O2/c13-5-1-8(15)11(9(16)2-5)18-10-3-6(12(19)20)7(14)4-17-10/h1-4H,(H,17,18)(H,19,20). The lowest BCUT2D eigenvalue weighted by Crippen LogP contribution is -2.03. The number of rotatable bonds is 3. The number of carbonyl (C=O) groups is 1. The summed E-state index contributed by atoms with van der Waals surface area (Å²) in [4.78, 5) is 14.7. The van der Waals surface area contributed by atoms with Crippen molar-refractivity contribution in [2.24, 2.45) is 0 Å². The summed E-state index contributed by atoms with van der Waals surface area (Å²) in [5.74, 6) is -2.99. The summed E-state index contributed by atoms with van der Waals surface area (Å²) in [6, 6.07) is 3.23. The van der Waals surface area contributed by atoms with E-state index in [-0.39, 0.29) is 20.9 Å². The number of hydrogen-bond donors (Lipinski definition) is 2. The minimum atomic E-state index is -1.27. The Hall–Kier alpha value is -1.73. The van der Waals surface area contributed by atoms with Crippen LogP contribution in [-0.2, 0) is 0 Å². The summed E-state index contributed by atoms with van der Waals surface area (Å²) in [6.45, 7) is 0. The molecular formula is C12H6BrClF2N2O2. The Bertz CT molecular complexity index is 674.